The van der Waals surface area contributed by atoms with E-state index in [-0.39, 0.29) is 23.0 Å². The number of rotatable bonds is 3. The van der Waals surface area contributed by atoms with Gasteiger partial charge in [0.1, 0.15) is 5.01 Å². The molecule has 3 N–H and O–H groups in total. The average Bonchev–Trinajstić information content (AvgIpc) is 2.73. The zero-order valence-electron chi connectivity index (χ0n) is 9.35. The molecule has 0 radical (unpaired) electrons. The molecule has 1 saturated carbocycles. The first kappa shape index (κ1) is 13.5. The van der Waals surface area contributed by atoms with E-state index in [0.717, 1.165) is 29.4 Å². The van der Waals surface area contributed by atoms with Crippen LogP contribution in [0.3, 0.4) is 0 Å². The molecule has 0 bridgehead atoms. The maximum Gasteiger partial charge on any atom is 0.404 e. The predicted molar refractivity (Wildman–Crippen MR) is 66.9 cm³/mol. The number of carboxylic acid groups (broad SMARTS) is 1. The zero-order chi connectivity index (χ0) is 12.0. The van der Waals surface area contributed by atoms with Crippen molar-refractivity contribution in [3.05, 3.63) is 16.3 Å². The Morgan fingerprint density at radius 1 is 1.67 bits per heavy atom. The Morgan fingerprint density at radius 2 is 2.33 bits per heavy atom. The van der Waals surface area contributed by atoms with Crippen LogP contribution in [-0.2, 0) is 5.41 Å². The molecule has 8 heteroatoms. The molecular weight excluding hydrogens is 281 g/mol. The third kappa shape index (κ3) is 1.86. The van der Waals surface area contributed by atoms with Gasteiger partial charge in [0.05, 0.1) is 6.20 Å². The number of halogens is 2. The first-order valence-corrected chi connectivity index (χ1v) is 6.25. The standard InChI is InChI=1S/C10H12FN3O2S.ClH/c11-7-3-13-8(17-7)10(4-14-9(15)16)5-1-12-2-6(5)10;/h3,5-6,12,14H,1-2,4H2,(H,15,16);1H/t5-,6+,10-;. The van der Waals surface area contributed by atoms with Crippen molar-refractivity contribution < 1.29 is 14.3 Å². The van der Waals surface area contributed by atoms with Gasteiger partial charge in [-0.3, -0.25) is 0 Å². The third-order valence-electron chi connectivity index (χ3n) is 3.84. The van der Waals surface area contributed by atoms with Crippen molar-refractivity contribution in [2.24, 2.45) is 11.8 Å². The van der Waals surface area contributed by atoms with Crippen LogP contribution in [0.1, 0.15) is 5.01 Å². The van der Waals surface area contributed by atoms with Crippen LogP contribution in [0, 0.1) is 17.0 Å². The second kappa shape index (κ2) is 4.64. The Bertz CT molecular complexity index is 460. The molecule has 0 unspecified atom stereocenters. The molecule has 100 valence electrons. The highest BCUT2D eigenvalue weighted by Gasteiger charge is 2.68. The van der Waals surface area contributed by atoms with Crippen molar-refractivity contribution in [2.75, 3.05) is 19.6 Å². The van der Waals surface area contributed by atoms with E-state index < -0.39 is 6.09 Å². The summed E-state index contributed by atoms with van der Waals surface area (Å²) in [5.41, 5.74) is -0.279. The van der Waals surface area contributed by atoms with E-state index >= 15 is 0 Å². The number of aromatic nitrogens is 1. The van der Waals surface area contributed by atoms with Gasteiger partial charge in [0, 0.05) is 12.0 Å². The van der Waals surface area contributed by atoms with E-state index in [1.807, 2.05) is 0 Å². The molecule has 1 aliphatic carbocycles. The normalized spacial score (nSPS) is 32.5. The molecule has 2 fully saturated rings. The number of carbonyl (C=O) groups is 1. The Labute approximate surface area is 113 Å². The second-order valence-corrected chi connectivity index (χ2v) is 5.52. The quantitative estimate of drug-likeness (QED) is 0.779. The molecule has 2 aliphatic rings. The van der Waals surface area contributed by atoms with Crippen LogP contribution in [0.2, 0.25) is 0 Å². The third-order valence-corrected chi connectivity index (χ3v) is 4.82. The highest BCUT2D eigenvalue weighted by molar-refractivity contribution is 7.10. The van der Waals surface area contributed by atoms with Gasteiger partial charge in [-0.05, 0) is 24.9 Å². The number of hydrogen-bond acceptors (Lipinski definition) is 4. The molecule has 3 rings (SSSR count). The van der Waals surface area contributed by atoms with Crippen LogP contribution in [0.15, 0.2) is 6.20 Å². The second-order valence-electron chi connectivity index (χ2n) is 4.54. The smallest absolute Gasteiger partial charge is 0.404 e. The number of thiazole rings is 1. The molecule has 0 aromatic carbocycles. The van der Waals surface area contributed by atoms with Crippen LogP contribution < -0.4 is 10.6 Å². The van der Waals surface area contributed by atoms with Gasteiger partial charge in [-0.2, -0.15) is 4.39 Å². The molecule has 1 aliphatic heterocycles. The molecule has 1 saturated heterocycles. The fourth-order valence-electron chi connectivity index (χ4n) is 2.99. The van der Waals surface area contributed by atoms with Crippen LogP contribution in [0.4, 0.5) is 9.18 Å². The summed E-state index contributed by atoms with van der Waals surface area (Å²) < 4.78 is 13.1. The lowest BCUT2D eigenvalue weighted by Gasteiger charge is -2.18. The van der Waals surface area contributed by atoms with Crippen LogP contribution >= 0.6 is 23.7 Å². The average molecular weight is 294 g/mol. The SMILES string of the molecule is Cl.O=C(O)NC[C@@]1(c2ncc(F)s2)[C@@H]2CNC[C@@H]21. The minimum atomic E-state index is -1.04. The van der Waals surface area contributed by atoms with Crippen LogP contribution in [-0.4, -0.2) is 35.8 Å². The van der Waals surface area contributed by atoms with Gasteiger partial charge >= 0.3 is 6.09 Å². The summed E-state index contributed by atoms with van der Waals surface area (Å²) in [7, 11) is 0. The molecular formula is C10H13ClFN3O2S. The largest absolute Gasteiger partial charge is 0.465 e. The van der Waals surface area contributed by atoms with Gasteiger partial charge in [-0.1, -0.05) is 11.3 Å². The van der Waals surface area contributed by atoms with Crippen LogP contribution in [0.5, 0.6) is 0 Å². The van der Waals surface area contributed by atoms with Crippen molar-refractivity contribution in [1.82, 2.24) is 15.6 Å². The van der Waals surface area contributed by atoms with E-state index in [2.05, 4.69) is 15.6 Å². The van der Waals surface area contributed by atoms with E-state index in [1.54, 1.807) is 0 Å². The molecule has 2 heterocycles. The van der Waals surface area contributed by atoms with Gasteiger partial charge in [-0.15, -0.1) is 12.4 Å². The topological polar surface area (TPSA) is 74.2 Å². The van der Waals surface area contributed by atoms with E-state index in [4.69, 9.17) is 5.11 Å². The molecule has 1 amide bonds. The molecule has 18 heavy (non-hydrogen) atoms. The number of nitrogens with zero attached hydrogens (tertiary/aromatic N) is 1. The van der Waals surface area contributed by atoms with Crippen LogP contribution in [0.25, 0.3) is 0 Å². The van der Waals surface area contributed by atoms with E-state index in [9.17, 15) is 9.18 Å². The summed E-state index contributed by atoms with van der Waals surface area (Å²) in [5.74, 6) is 0.750. The number of fused-ring (bicyclic) bond motifs is 1. The number of hydrogen-bond donors (Lipinski definition) is 3. The van der Waals surface area contributed by atoms with Gasteiger partial charge in [-0.25, -0.2) is 9.78 Å². The summed E-state index contributed by atoms with van der Waals surface area (Å²) >= 11 is 1.03. The van der Waals surface area contributed by atoms with Crippen molar-refractivity contribution >= 4 is 29.8 Å². The Morgan fingerprint density at radius 3 is 2.83 bits per heavy atom. The number of nitrogens with one attached hydrogen (secondary N) is 2. The van der Waals surface area contributed by atoms with E-state index in [1.165, 1.54) is 6.20 Å². The van der Waals surface area contributed by atoms with Crippen molar-refractivity contribution in [2.45, 2.75) is 5.41 Å². The van der Waals surface area contributed by atoms with Crippen molar-refractivity contribution in [1.29, 1.82) is 0 Å². The predicted octanol–water partition coefficient (Wildman–Crippen LogP) is 1.06. The molecule has 5 nitrogen and oxygen atoms in total. The fraction of sp³-hybridized carbons (Fsp3) is 0.600. The number of piperidine rings is 1. The minimum Gasteiger partial charge on any atom is -0.465 e. The summed E-state index contributed by atoms with van der Waals surface area (Å²) in [5, 5.41) is 14.8. The Hall–Kier alpha value is -0.920. The number of amides is 1. The monoisotopic (exact) mass is 293 g/mol. The van der Waals surface area contributed by atoms with Crippen molar-refractivity contribution in [3.8, 4) is 0 Å². The Balaban J connectivity index is 0.00000120. The minimum absolute atomic E-state index is 0. The molecule has 1 aromatic heterocycles. The van der Waals surface area contributed by atoms with Crippen molar-refractivity contribution in [3.63, 3.8) is 0 Å². The summed E-state index contributed by atoms with van der Waals surface area (Å²) in [6.07, 6.45) is 0.170. The maximum atomic E-state index is 13.1. The fourth-order valence-corrected chi connectivity index (χ4v) is 3.95. The summed E-state index contributed by atoms with van der Waals surface area (Å²) in [6, 6.07) is 0. The lowest BCUT2D eigenvalue weighted by Crippen LogP contribution is -2.37. The lowest BCUT2D eigenvalue weighted by molar-refractivity contribution is 0.192. The van der Waals surface area contributed by atoms with E-state index in [0.29, 0.717) is 18.4 Å². The van der Waals surface area contributed by atoms with Gasteiger partial charge in [0.2, 0.25) is 0 Å². The highest BCUT2D eigenvalue weighted by Crippen LogP contribution is 2.61. The lowest BCUT2D eigenvalue weighted by atomic mass is 10.0. The summed E-state index contributed by atoms with van der Waals surface area (Å²) in [6.45, 7) is 2.03. The van der Waals surface area contributed by atoms with Gasteiger partial charge in [0.25, 0.3) is 0 Å². The van der Waals surface area contributed by atoms with Gasteiger partial charge < -0.3 is 15.7 Å². The molecule has 3 atom stereocenters. The molecule has 0 spiro atoms. The maximum absolute atomic E-state index is 13.1. The highest BCUT2D eigenvalue weighted by atomic mass is 35.5. The first-order valence-electron chi connectivity index (χ1n) is 5.44. The summed E-state index contributed by atoms with van der Waals surface area (Å²) in [4.78, 5) is 14.7. The molecule has 1 aromatic rings. The Kier molecular flexibility index (Phi) is 3.48. The van der Waals surface area contributed by atoms with Gasteiger partial charge in [0.15, 0.2) is 5.13 Å². The zero-order valence-corrected chi connectivity index (χ0v) is 11.0. The first-order chi connectivity index (χ1) is 8.14.